The van der Waals surface area contributed by atoms with E-state index in [4.69, 9.17) is 16.3 Å². The number of halogens is 1. The molecule has 0 fully saturated rings. The van der Waals surface area contributed by atoms with Gasteiger partial charge in [0.25, 0.3) is 10.0 Å². The molecule has 1 amide bonds. The van der Waals surface area contributed by atoms with Gasteiger partial charge in [0.05, 0.1) is 22.7 Å². The van der Waals surface area contributed by atoms with Crippen LogP contribution in [0.2, 0.25) is 5.02 Å². The van der Waals surface area contributed by atoms with Gasteiger partial charge in [0, 0.05) is 5.69 Å². The number of aryl methyl sites for hydroxylation is 2. The molecule has 0 spiro atoms. The van der Waals surface area contributed by atoms with Crippen LogP contribution in [0.15, 0.2) is 71.6 Å². The van der Waals surface area contributed by atoms with Crippen molar-refractivity contribution in [2.75, 3.05) is 23.3 Å². The van der Waals surface area contributed by atoms with E-state index in [-0.39, 0.29) is 15.6 Å². The van der Waals surface area contributed by atoms with Gasteiger partial charge >= 0.3 is 0 Å². The van der Waals surface area contributed by atoms with Crippen LogP contribution in [0.3, 0.4) is 0 Å². The van der Waals surface area contributed by atoms with Gasteiger partial charge in [0.2, 0.25) is 5.91 Å². The molecule has 0 radical (unpaired) electrons. The lowest BCUT2D eigenvalue weighted by Crippen LogP contribution is -2.38. The third kappa shape index (κ3) is 5.00. The molecule has 0 atom stereocenters. The maximum Gasteiger partial charge on any atom is 0.264 e. The number of rotatable bonds is 7. The van der Waals surface area contributed by atoms with E-state index in [2.05, 4.69) is 5.32 Å². The summed E-state index contributed by atoms with van der Waals surface area (Å²) in [5, 5.41) is 3.08. The Labute approximate surface area is 187 Å². The van der Waals surface area contributed by atoms with Crippen molar-refractivity contribution in [3.05, 3.63) is 82.9 Å². The van der Waals surface area contributed by atoms with E-state index in [1.807, 2.05) is 32.0 Å². The quantitative estimate of drug-likeness (QED) is 0.551. The molecule has 8 heteroatoms. The number of hydrogen-bond acceptors (Lipinski definition) is 4. The Hall–Kier alpha value is -3.03. The highest BCUT2D eigenvalue weighted by molar-refractivity contribution is 7.92. The van der Waals surface area contributed by atoms with Crippen LogP contribution in [0.5, 0.6) is 5.75 Å². The van der Waals surface area contributed by atoms with Crippen LogP contribution in [0.4, 0.5) is 11.4 Å². The van der Waals surface area contributed by atoms with Gasteiger partial charge in [-0.1, -0.05) is 48.0 Å². The minimum Gasteiger partial charge on any atom is -0.495 e. The van der Waals surface area contributed by atoms with Gasteiger partial charge in [0.1, 0.15) is 12.3 Å². The van der Waals surface area contributed by atoms with E-state index in [9.17, 15) is 13.2 Å². The second-order valence-corrected chi connectivity index (χ2v) is 9.23. The standard InChI is InChI=1S/C23H23ClN2O4S/c1-16-8-7-9-17(2)23(16)25-22(27)15-26(18-12-13-21(30-3)20(24)14-18)31(28,29)19-10-5-4-6-11-19/h4-14H,15H2,1-3H3,(H,25,27). The molecule has 0 aliphatic carbocycles. The minimum absolute atomic E-state index is 0.0711. The summed E-state index contributed by atoms with van der Waals surface area (Å²) >= 11 is 6.23. The summed E-state index contributed by atoms with van der Waals surface area (Å²) in [6.07, 6.45) is 0. The van der Waals surface area contributed by atoms with E-state index in [1.54, 1.807) is 30.3 Å². The number of anilines is 2. The molecule has 3 rings (SSSR count). The summed E-state index contributed by atoms with van der Waals surface area (Å²) in [4.78, 5) is 13.0. The smallest absolute Gasteiger partial charge is 0.264 e. The van der Waals surface area contributed by atoms with Crippen molar-refractivity contribution in [2.45, 2.75) is 18.7 Å². The summed E-state index contributed by atoms with van der Waals surface area (Å²) < 4.78 is 33.0. The van der Waals surface area contributed by atoms with E-state index in [0.717, 1.165) is 15.4 Å². The number of carbonyl (C=O) groups excluding carboxylic acids is 1. The minimum atomic E-state index is -4.03. The van der Waals surface area contributed by atoms with E-state index >= 15 is 0 Å². The van der Waals surface area contributed by atoms with Crippen molar-refractivity contribution >= 4 is 38.9 Å². The molecule has 0 heterocycles. The molecule has 0 aliphatic heterocycles. The molecular weight excluding hydrogens is 436 g/mol. The normalized spacial score (nSPS) is 11.1. The third-order valence-corrected chi connectivity index (χ3v) is 6.87. The largest absolute Gasteiger partial charge is 0.495 e. The summed E-state index contributed by atoms with van der Waals surface area (Å²) in [5.74, 6) is -0.0636. The van der Waals surface area contributed by atoms with Gasteiger partial charge in [0.15, 0.2) is 0 Å². The second kappa shape index (κ2) is 9.41. The predicted molar refractivity (Wildman–Crippen MR) is 124 cm³/mol. The lowest BCUT2D eigenvalue weighted by atomic mass is 10.1. The average Bonchev–Trinajstić information content (AvgIpc) is 2.75. The number of amides is 1. The van der Waals surface area contributed by atoms with Crippen molar-refractivity contribution in [1.29, 1.82) is 0 Å². The molecule has 31 heavy (non-hydrogen) atoms. The second-order valence-electron chi connectivity index (χ2n) is 6.96. The highest BCUT2D eigenvalue weighted by Crippen LogP contribution is 2.32. The van der Waals surface area contributed by atoms with E-state index < -0.39 is 22.5 Å². The number of nitrogens with one attached hydrogen (secondary N) is 1. The van der Waals surface area contributed by atoms with Crippen LogP contribution < -0.4 is 14.4 Å². The zero-order chi connectivity index (χ0) is 22.6. The lowest BCUT2D eigenvalue weighted by Gasteiger charge is -2.25. The monoisotopic (exact) mass is 458 g/mol. The Balaban J connectivity index is 2.00. The van der Waals surface area contributed by atoms with Crippen molar-refractivity contribution in [1.82, 2.24) is 0 Å². The fourth-order valence-electron chi connectivity index (χ4n) is 3.17. The first-order chi connectivity index (χ1) is 14.7. The van der Waals surface area contributed by atoms with Crippen LogP contribution in [-0.2, 0) is 14.8 Å². The fourth-order valence-corrected chi connectivity index (χ4v) is 4.85. The number of ether oxygens (including phenoxy) is 1. The molecule has 0 bridgehead atoms. The van der Waals surface area contributed by atoms with E-state index in [0.29, 0.717) is 11.4 Å². The molecule has 0 saturated carbocycles. The van der Waals surface area contributed by atoms with Crippen LogP contribution in [-0.4, -0.2) is 28.0 Å². The Bertz CT molecular complexity index is 1180. The summed E-state index contributed by atoms with van der Waals surface area (Å²) in [7, 11) is -2.56. The molecule has 0 aromatic heterocycles. The number of nitrogens with zero attached hydrogens (tertiary/aromatic N) is 1. The fraction of sp³-hybridized carbons (Fsp3) is 0.174. The highest BCUT2D eigenvalue weighted by atomic mass is 35.5. The number of para-hydroxylation sites is 1. The van der Waals surface area contributed by atoms with Gasteiger partial charge in [-0.2, -0.15) is 0 Å². The van der Waals surface area contributed by atoms with Crippen molar-refractivity contribution in [3.63, 3.8) is 0 Å². The van der Waals surface area contributed by atoms with Gasteiger partial charge < -0.3 is 10.1 Å². The molecule has 0 unspecified atom stereocenters. The number of hydrogen-bond donors (Lipinski definition) is 1. The Morgan fingerprint density at radius 3 is 2.23 bits per heavy atom. The van der Waals surface area contributed by atoms with Crippen molar-refractivity contribution in [2.24, 2.45) is 0 Å². The molecule has 3 aromatic rings. The summed E-state index contributed by atoms with van der Waals surface area (Å²) in [6.45, 7) is 3.34. The summed E-state index contributed by atoms with van der Waals surface area (Å²) in [5.41, 5.74) is 2.69. The summed E-state index contributed by atoms with van der Waals surface area (Å²) in [6, 6.07) is 18.2. The Morgan fingerprint density at radius 1 is 1.00 bits per heavy atom. The average molecular weight is 459 g/mol. The van der Waals surface area contributed by atoms with Crippen LogP contribution >= 0.6 is 11.6 Å². The highest BCUT2D eigenvalue weighted by Gasteiger charge is 2.28. The number of carbonyl (C=O) groups is 1. The van der Waals surface area contributed by atoms with Crippen LogP contribution in [0, 0.1) is 13.8 Å². The maximum absolute atomic E-state index is 13.4. The SMILES string of the molecule is COc1ccc(N(CC(=O)Nc2c(C)cccc2C)S(=O)(=O)c2ccccc2)cc1Cl. The molecule has 1 N–H and O–H groups in total. The zero-order valence-electron chi connectivity index (χ0n) is 17.4. The predicted octanol–water partition coefficient (Wildman–Crippen LogP) is 4.80. The molecule has 3 aromatic carbocycles. The van der Waals surface area contributed by atoms with Crippen LogP contribution in [0.1, 0.15) is 11.1 Å². The molecule has 162 valence electrons. The van der Waals surface area contributed by atoms with Crippen LogP contribution in [0.25, 0.3) is 0 Å². The third-order valence-electron chi connectivity index (χ3n) is 4.79. The molecule has 0 saturated heterocycles. The zero-order valence-corrected chi connectivity index (χ0v) is 19.0. The van der Waals surface area contributed by atoms with Crippen molar-refractivity contribution < 1.29 is 17.9 Å². The number of benzene rings is 3. The van der Waals surface area contributed by atoms with E-state index in [1.165, 1.54) is 25.3 Å². The van der Waals surface area contributed by atoms with Crippen molar-refractivity contribution in [3.8, 4) is 5.75 Å². The number of methoxy groups -OCH3 is 1. The first-order valence-electron chi connectivity index (χ1n) is 9.51. The van der Waals surface area contributed by atoms with Gasteiger partial charge in [-0.3, -0.25) is 9.10 Å². The molecule has 6 nitrogen and oxygen atoms in total. The Kier molecular flexibility index (Phi) is 6.87. The Morgan fingerprint density at radius 2 is 1.65 bits per heavy atom. The number of sulfonamides is 1. The first kappa shape index (κ1) is 22.7. The molecule has 0 aliphatic rings. The lowest BCUT2D eigenvalue weighted by molar-refractivity contribution is -0.114. The van der Waals surface area contributed by atoms with Gasteiger partial charge in [-0.15, -0.1) is 0 Å². The van der Waals surface area contributed by atoms with Gasteiger partial charge in [-0.05, 0) is 55.3 Å². The van der Waals surface area contributed by atoms with Gasteiger partial charge in [-0.25, -0.2) is 8.42 Å². The first-order valence-corrected chi connectivity index (χ1v) is 11.3. The maximum atomic E-state index is 13.4. The molecular formula is C23H23ClN2O4S. The topological polar surface area (TPSA) is 75.7 Å².